The molecular weight excluding hydrogens is 470 g/mol. The third-order valence-corrected chi connectivity index (χ3v) is 6.60. The van der Waals surface area contributed by atoms with Crippen molar-refractivity contribution in [2.75, 3.05) is 13.7 Å². The second-order valence-corrected chi connectivity index (χ2v) is 9.51. The Morgan fingerprint density at radius 1 is 1.03 bits per heavy atom. The highest BCUT2D eigenvalue weighted by Gasteiger charge is 2.50. The number of aliphatic hydroxyl groups is 1. The molecule has 0 spiro atoms. The summed E-state index contributed by atoms with van der Waals surface area (Å²) in [5, 5.41) is 13.9. The van der Waals surface area contributed by atoms with Crippen LogP contribution >= 0.6 is 0 Å². The smallest absolute Gasteiger partial charge is 0.220 e. The molecule has 37 heavy (non-hydrogen) atoms. The fourth-order valence-corrected chi connectivity index (χ4v) is 4.53. The molecule has 2 N–H and O–H groups in total. The van der Waals surface area contributed by atoms with Crippen LogP contribution in [0.1, 0.15) is 83.0 Å². The molecule has 202 valence electrons. The van der Waals surface area contributed by atoms with Gasteiger partial charge in [-0.2, -0.15) is 0 Å². The minimum absolute atomic E-state index is 0.198. The van der Waals surface area contributed by atoms with E-state index in [1.807, 2.05) is 30.3 Å². The van der Waals surface area contributed by atoms with Crippen LogP contribution < -0.4 is 5.32 Å². The molecule has 1 aromatic carbocycles. The van der Waals surface area contributed by atoms with Crippen LogP contribution in [0.2, 0.25) is 0 Å². The number of nitrogens with one attached hydrogen (secondary N) is 1. The zero-order valence-corrected chi connectivity index (χ0v) is 22.1. The molecule has 0 aliphatic carbocycles. The molecule has 1 unspecified atom stereocenters. The maximum Gasteiger partial charge on any atom is 0.220 e. The summed E-state index contributed by atoms with van der Waals surface area (Å²) < 4.78 is 23.2. The summed E-state index contributed by atoms with van der Waals surface area (Å²) in [7, 11) is 1.48. The van der Waals surface area contributed by atoms with E-state index < -0.39 is 36.9 Å². The summed E-state index contributed by atoms with van der Waals surface area (Å²) in [5.41, 5.74) is 0.857. The number of benzene rings is 1. The van der Waals surface area contributed by atoms with Crippen LogP contribution in [0.5, 0.6) is 0 Å². The number of amides is 1. The lowest BCUT2D eigenvalue weighted by Crippen LogP contribution is -2.66. The first-order valence-electron chi connectivity index (χ1n) is 13.6. The van der Waals surface area contributed by atoms with Crippen molar-refractivity contribution in [3.8, 4) is 23.7 Å². The molecule has 0 aromatic heterocycles. The molecule has 2 saturated heterocycles. The first-order valence-corrected chi connectivity index (χ1v) is 13.6. The fraction of sp³-hybridized carbons (Fsp3) is 0.633. The van der Waals surface area contributed by atoms with Crippen molar-refractivity contribution in [3.63, 3.8) is 0 Å². The number of methoxy groups -OCH3 is 1. The van der Waals surface area contributed by atoms with E-state index in [9.17, 15) is 9.90 Å². The lowest BCUT2D eigenvalue weighted by molar-refractivity contribution is -0.341. The molecule has 2 fully saturated rings. The molecule has 2 heterocycles. The largest absolute Gasteiger partial charge is 0.388 e. The quantitative estimate of drug-likeness (QED) is 0.322. The minimum Gasteiger partial charge on any atom is -0.388 e. The Kier molecular flexibility index (Phi) is 13.0. The molecule has 1 amide bonds. The second-order valence-electron chi connectivity index (χ2n) is 9.51. The fourth-order valence-electron chi connectivity index (χ4n) is 4.53. The summed E-state index contributed by atoms with van der Waals surface area (Å²) in [5.74, 6) is 11.7. The zero-order chi connectivity index (χ0) is 26.3. The number of ether oxygens (including phenoxy) is 4. The zero-order valence-electron chi connectivity index (χ0n) is 22.1. The topological polar surface area (TPSA) is 86.3 Å². The number of fused-ring (bicyclic) bond motifs is 1. The number of aliphatic hydroxyl groups excluding tert-OH is 1. The van der Waals surface area contributed by atoms with Crippen LogP contribution in [0.3, 0.4) is 0 Å². The summed E-state index contributed by atoms with van der Waals surface area (Å²) in [6.45, 7) is 2.48. The van der Waals surface area contributed by atoms with E-state index in [1.165, 1.54) is 39.2 Å². The second kappa shape index (κ2) is 16.5. The Hall–Kier alpha value is -2.39. The van der Waals surface area contributed by atoms with Gasteiger partial charge in [0.15, 0.2) is 12.6 Å². The van der Waals surface area contributed by atoms with Crippen LogP contribution in [-0.4, -0.2) is 55.4 Å². The van der Waals surface area contributed by atoms with Crippen molar-refractivity contribution in [2.45, 2.75) is 108 Å². The third-order valence-electron chi connectivity index (χ3n) is 6.60. The van der Waals surface area contributed by atoms with Crippen LogP contribution in [0.4, 0.5) is 0 Å². The maximum atomic E-state index is 12.6. The lowest BCUT2D eigenvalue weighted by atomic mass is 9.95. The molecule has 0 saturated carbocycles. The van der Waals surface area contributed by atoms with Crippen LogP contribution in [0, 0.1) is 23.7 Å². The van der Waals surface area contributed by atoms with Crippen LogP contribution in [0.25, 0.3) is 0 Å². The average molecular weight is 512 g/mol. The molecule has 3 rings (SSSR count). The predicted octanol–water partition coefficient (Wildman–Crippen LogP) is 4.25. The SMILES string of the molecule is CCCCCCCCC#CC#CCCCC(=O)N[C@H]1[C@@H](OC)O[C@@H]2COC(c3ccccc3)O[C@H]2[C@@H]1O. The molecule has 1 aromatic rings. The van der Waals surface area contributed by atoms with Crippen molar-refractivity contribution in [2.24, 2.45) is 0 Å². The molecular formula is C30H41NO6. The van der Waals surface area contributed by atoms with Gasteiger partial charge in [0.25, 0.3) is 0 Å². The number of carbonyl (C=O) groups is 1. The Labute approximate surface area is 221 Å². The summed E-state index contributed by atoms with van der Waals surface area (Å²) in [6, 6.07) is 8.77. The molecule has 0 bridgehead atoms. The normalized spacial score (nSPS) is 26.7. The highest BCUT2D eigenvalue weighted by molar-refractivity contribution is 5.76. The van der Waals surface area contributed by atoms with Crippen molar-refractivity contribution in [3.05, 3.63) is 35.9 Å². The van der Waals surface area contributed by atoms with Crippen LogP contribution in [0.15, 0.2) is 30.3 Å². The molecule has 2 aliphatic rings. The Morgan fingerprint density at radius 2 is 1.73 bits per heavy atom. The van der Waals surface area contributed by atoms with E-state index in [0.29, 0.717) is 12.8 Å². The summed E-state index contributed by atoms with van der Waals surface area (Å²) >= 11 is 0. The lowest BCUT2D eigenvalue weighted by Gasteiger charge is -2.47. The average Bonchev–Trinajstić information content (AvgIpc) is 2.93. The predicted molar refractivity (Wildman–Crippen MR) is 141 cm³/mol. The van der Waals surface area contributed by atoms with E-state index in [2.05, 4.69) is 35.9 Å². The van der Waals surface area contributed by atoms with Crippen LogP contribution in [-0.2, 0) is 23.7 Å². The van der Waals surface area contributed by atoms with E-state index in [-0.39, 0.29) is 18.9 Å². The van der Waals surface area contributed by atoms with Crippen molar-refractivity contribution in [1.82, 2.24) is 5.32 Å². The highest BCUT2D eigenvalue weighted by atomic mass is 16.7. The van der Waals surface area contributed by atoms with Crippen molar-refractivity contribution >= 4 is 5.91 Å². The van der Waals surface area contributed by atoms with Gasteiger partial charge in [0.2, 0.25) is 5.91 Å². The van der Waals surface area contributed by atoms with Gasteiger partial charge in [0, 0.05) is 31.9 Å². The number of rotatable bonds is 12. The minimum atomic E-state index is -1.01. The van der Waals surface area contributed by atoms with Gasteiger partial charge in [-0.3, -0.25) is 4.79 Å². The molecule has 6 atom stereocenters. The van der Waals surface area contributed by atoms with Crippen molar-refractivity contribution < 1.29 is 28.8 Å². The Morgan fingerprint density at radius 3 is 2.46 bits per heavy atom. The van der Waals surface area contributed by atoms with Gasteiger partial charge in [-0.1, -0.05) is 81.2 Å². The van der Waals surface area contributed by atoms with Gasteiger partial charge >= 0.3 is 0 Å². The number of carbonyl (C=O) groups excluding carboxylic acids is 1. The third kappa shape index (κ3) is 9.45. The molecule has 0 radical (unpaired) electrons. The maximum absolute atomic E-state index is 12.6. The van der Waals surface area contributed by atoms with Gasteiger partial charge in [-0.05, 0) is 24.7 Å². The van der Waals surface area contributed by atoms with E-state index >= 15 is 0 Å². The first-order chi connectivity index (χ1) is 18.1. The van der Waals surface area contributed by atoms with E-state index in [4.69, 9.17) is 18.9 Å². The monoisotopic (exact) mass is 511 g/mol. The van der Waals surface area contributed by atoms with Gasteiger partial charge in [0.05, 0.1) is 6.61 Å². The Bertz CT molecular complexity index is 930. The molecule has 2 aliphatic heterocycles. The highest BCUT2D eigenvalue weighted by Crippen LogP contribution is 2.34. The summed E-state index contributed by atoms with van der Waals surface area (Å²) in [4.78, 5) is 12.6. The number of hydrogen-bond donors (Lipinski definition) is 2. The Balaban J connectivity index is 1.39. The number of hydrogen-bond acceptors (Lipinski definition) is 6. The van der Waals surface area contributed by atoms with E-state index in [0.717, 1.165) is 18.4 Å². The standard InChI is InChI=1S/C30H41NO6/c1-3-4-5-6-7-8-9-10-11-12-13-14-18-21-25(32)31-26-27(33)28-24(36-30(26)34-2)22-35-29(37-28)23-19-16-15-17-20-23/h15-17,19-20,24,26-30,33H,3-9,14,18,21-22H2,1-2H3,(H,31,32)/t24-,26-,27-,28-,29?,30+/m1/s1. The number of unbranched alkanes of at least 4 members (excludes halogenated alkanes) is 7. The van der Waals surface area contributed by atoms with E-state index in [1.54, 1.807) is 0 Å². The van der Waals surface area contributed by atoms with Gasteiger partial charge in [-0.25, -0.2) is 0 Å². The molecule has 7 heteroatoms. The first kappa shape index (κ1) is 29.2. The van der Waals surface area contributed by atoms with Gasteiger partial charge in [0.1, 0.15) is 24.4 Å². The van der Waals surface area contributed by atoms with Gasteiger partial charge < -0.3 is 29.4 Å². The van der Waals surface area contributed by atoms with Gasteiger partial charge in [-0.15, -0.1) is 0 Å². The molecule has 7 nitrogen and oxygen atoms in total. The van der Waals surface area contributed by atoms with Crippen molar-refractivity contribution in [1.29, 1.82) is 0 Å². The summed E-state index contributed by atoms with van der Waals surface area (Å²) in [6.07, 6.45) is 6.33.